The molecule has 0 fully saturated rings. The molecule has 27 heavy (non-hydrogen) atoms. The number of hydrogen-bond acceptors (Lipinski definition) is 3. The highest BCUT2D eigenvalue weighted by Gasteiger charge is 2.14. The SMILES string of the molecule is CCCC(=O)Nc1ccc(NC(=O)c2cc(Br)ccc2OCC(C)C)cc1. The highest BCUT2D eigenvalue weighted by molar-refractivity contribution is 9.10. The van der Waals surface area contributed by atoms with Gasteiger partial charge in [0, 0.05) is 22.3 Å². The number of halogens is 1. The van der Waals surface area contributed by atoms with Gasteiger partial charge < -0.3 is 15.4 Å². The van der Waals surface area contributed by atoms with Crippen molar-refractivity contribution in [1.82, 2.24) is 0 Å². The first-order valence-corrected chi connectivity index (χ1v) is 9.82. The summed E-state index contributed by atoms with van der Waals surface area (Å²) >= 11 is 3.40. The molecule has 2 N–H and O–H groups in total. The van der Waals surface area contributed by atoms with Crippen molar-refractivity contribution < 1.29 is 14.3 Å². The Morgan fingerprint density at radius 2 is 1.67 bits per heavy atom. The fraction of sp³-hybridized carbons (Fsp3) is 0.333. The number of carbonyl (C=O) groups excluding carboxylic acids is 2. The number of ether oxygens (including phenoxy) is 1. The van der Waals surface area contributed by atoms with Crippen LogP contribution in [0.15, 0.2) is 46.9 Å². The third-order valence-electron chi connectivity index (χ3n) is 3.66. The van der Waals surface area contributed by atoms with E-state index >= 15 is 0 Å². The van der Waals surface area contributed by atoms with Crippen LogP contribution < -0.4 is 15.4 Å². The first-order valence-electron chi connectivity index (χ1n) is 9.02. The summed E-state index contributed by atoms with van der Waals surface area (Å²) in [5, 5.41) is 5.69. The summed E-state index contributed by atoms with van der Waals surface area (Å²) in [6.45, 7) is 6.60. The van der Waals surface area contributed by atoms with E-state index in [1.165, 1.54) is 0 Å². The van der Waals surface area contributed by atoms with Crippen LogP contribution in [0.3, 0.4) is 0 Å². The number of hydrogen-bond donors (Lipinski definition) is 2. The largest absolute Gasteiger partial charge is 0.492 e. The average Bonchev–Trinajstić information content (AvgIpc) is 2.62. The van der Waals surface area contributed by atoms with E-state index in [0.29, 0.717) is 41.6 Å². The van der Waals surface area contributed by atoms with Gasteiger partial charge in [-0.15, -0.1) is 0 Å². The second kappa shape index (κ2) is 10.1. The van der Waals surface area contributed by atoms with Gasteiger partial charge in [0.2, 0.25) is 5.91 Å². The van der Waals surface area contributed by atoms with Crippen LogP contribution in [0, 0.1) is 5.92 Å². The molecular formula is C21H25BrN2O3. The smallest absolute Gasteiger partial charge is 0.259 e. The summed E-state index contributed by atoms with van der Waals surface area (Å²) in [4.78, 5) is 24.3. The minimum Gasteiger partial charge on any atom is -0.492 e. The van der Waals surface area contributed by atoms with Crippen LogP contribution in [-0.4, -0.2) is 18.4 Å². The van der Waals surface area contributed by atoms with Crippen LogP contribution in [0.5, 0.6) is 5.75 Å². The molecule has 2 aromatic carbocycles. The minimum absolute atomic E-state index is 0.0182. The maximum Gasteiger partial charge on any atom is 0.259 e. The molecular weight excluding hydrogens is 408 g/mol. The van der Waals surface area contributed by atoms with Crippen molar-refractivity contribution in [3.63, 3.8) is 0 Å². The zero-order valence-corrected chi connectivity index (χ0v) is 17.4. The van der Waals surface area contributed by atoms with Crippen molar-refractivity contribution in [3.05, 3.63) is 52.5 Å². The van der Waals surface area contributed by atoms with Crippen LogP contribution in [0.2, 0.25) is 0 Å². The number of rotatable bonds is 8. The molecule has 5 nitrogen and oxygen atoms in total. The van der Waals surface area contributed by atoms with Crippen LogP contribution in [0.4, 0.5) is 11.4 Å². The molecule has 0 heterocycles. The topological polar surface area (TPSA) is 67.4 Å². The lowest BCUT2D eigenvalue weighted by Gasteiger charge is -2.14. The van der Waals surface area contributed by atoms with Crippen molar-refractivity contribution >= 4 is 39.1 Å². The molecule has 0 atom stereocenters. The predicted octanol–water partition coefficient (Wildman–Crippen LogP) is 5.47. The van der Waals surface area contributed by atoms with Gasteiger partial charge in [0.05, 0.1) is 12.2 Å². The maximum atomic E-state index is 12.7. The Morgan fingerprint density at radius 1 is 1.04 bits per heavy atom. The van der Waals surface area contributed by atoms with Crippen molar-refractivity contribution in [2.45, 2.75) is 33.6 Å². The third-order valence-corrected chi connectivity index (χ3v) is 4.16. The Balaban J connectivity index is 2.08. The molecule has 2 amide bonds. The molecule has 0 aliphatic carbocycles. The number of amides is 2. The molecule has 0 saturated carbocycles. The second-order valence-corrected chi connectivity index (χ2v) is 7.59. The van der Waals surface area contributed by atoms with Crippen molar-refractivity contribution in [2.24, 2.45) is 5.92 Å². The maximum absolute atomic E-state index is 12.7. The highest BCUT2D eigenvalue weighted by atomic mass is 79.9. The molecule has 0 unspecified atom stereocenters. The monoisotopic (exact) mass is 432 g/mol. The molecule has 0 spiro atoms. The van der Waals surface area contributed by atoms with Crippen molar-refractivity contribution in [2.75, 3.05) is 17.2 Å². The quantitative estimate of drug-likeness (QED) is 0.580. The first-order chi connectivity index (χ1) is 12.9. The molecule has 2 rings (SSSR count). The molecule has 0 radical (unpaired) electrons. The molecule has 0 saturated heterocycles. The van der Waals surface area contributed by atoms with Gasteiger partial charge in [-0.1, -0.05) is 36.7 Å². The van der Waals surface area contributed by atoms with E-state index in [1.54, 1.807) is 36.4 Å². The van der Waals surface area contributed by atoms with Gasteiger partial charge >= 0.3 is 0 Å². The van der Waals surface area contributed by atoms with Crippen LogP contribution in [-0.2, 0) is 4.79 Å². The third kappa shape index (κ3) is 6.71. The lowest BCUT2D eigenvalue weighted by atomic mass is 10.1. The van der Waals surface area contributed by atoms with E-state index in [9.17, 15) is 9.59 Å². The summed E-state index contributed by atoms with van der Waals surface area (Å²) < 4.78 is 6.57. The Labute approximate surface area is 168 Å². The van der Waals surface area contributed by atoms with Gasteiger partial charge in [0.15, 0.2) is 0 Å². The van der Waals surface area contributed by atoms with Crippen molar-refractivity contribution in [3.8, 4) is 5.75 Å². The summed E-state index contributed by atoms with van der Waals surface area (Å²) in [6, 6.07) is 12.4. The molecule has 6 heteroatoms. The molecule has 0 aromatic heterocycles. The zero-order chi connectivity index (χ0) is 19.8. The molecule has 0 aliphatic heterocycles. The Kier molecular flexibility index (Phi) is 7.85. The van der Waals surface area contributed by atoms with Gasteiger partial charge in [-0.05, 0) is 54.8 Å². The molecule has 0 bridgehead atoms. The Bertz CT molecular complexity index is 789. The highest BCUT2D eigenvalue weighted by Crippen LogP contribution is 2.25. The summed E-state index contributed by atoms with van der Waals surface area (Å²) in [5.41, 5.74) is 1.81. The number of anilines is 2. The lowest BCUT2D eigenvalue weighted by Crippen LogP contribution is -2.15. The molecule has 144 valence electrons. The molecule has 2 aromatic rings. The number of benzene rings is 2. The first kappa shape index (κ1) is 21.0. The van der Waals surface area contributed by atoms with Gasteiger partial charge in [0.1, 0.15) is 5.75 Å². The summed E-state index contributed by atoms with van der Waals surface area (Å²) in [5.74, 6) is 0.640. The van der Waals surface area contributed by atoms with Crippen molar-refractivity contribution in [1.29, 1.82) is 0 Å². The standard InChI is InChI=1S/C21H25BrN2O3/c1-4-5-20(25)23-16-7-9-17(10-8-16)24-21(26)18-12-15(22)6-11-19(18)27-13-14(2)3/h6-12,14H,4-5,13H2,1-3H3,(H,23,25)(H,24,26). The van der Waals surface area contributed by atoms with Crippen LogP contribution >= 0.6 is 15.9 Å². The Hall–Kier alpha value is -2.34. The van der Waals surface area contributed by atoms with Gasteiger partial charge in [-0.3, -0.25) is 9.59 Å². The average molecular weight is 433 g/mol. The fourth-order valence-corrected chi connectivity index (χ4v) is 2.71. The van der Waals surface area contributed by atoms with E-state index in [0.717, 1.165) is 10.9 Å². The van der Waals surface area contributed by atoms with E-state index in [2.05, 4.69) is 40.4 Å². The van der Waals surface area contributed by atoms with Gasteiger partial charge in [-0.2, -0.15) is 0 Å². The summed E-state index contributed by atoms with van der Waals surface area (Å²) in [7, 11) is 0. The van der Waals surface area contributed by atoms with Gasteiger partial charge in [0.25, 0.3) is 5.91 Å². The van der Waals surface area contributed by atoms with E-state index < -0.39 is 0 Å². The Morgan fingerprint density at radius 3 is 2.26 bits per heavy atom. The number of carbonyl (C=O) groups is 2. The van der Waals surface area contributed by atoms with E-state index in [4.69, 9.17) is 4.74 Å². The van der Waals surface area contributed by atoms with E-state index in [-0.39, 0.29) is 11.8 Å². The summed E-state index contributed by atoms with van der Waals surface area (Å²) in [6.07, 6.45) is 1.29. The lowest BCUT2D eigenvalue weighted by molar-refractivity contribution is -0.116. The van der Waals surface area contributed by atoms with E-state index in [1.807, 2.05) is 13.0 Å². The number of nitrogens with one attached hydrogen (secondary N) is 2. The zero-order valence-electron chi connectivity index (χ0n) is 15.8. The minimum atomic E-state index is -0.252. The van der Waals surface area contributed by atoms with Crippen LogP contribution in [0.25, 0.3) is 0 Å². The fourth-order valence-electron chi connectivity index (χ4n) is 2.35. The normalized spacial score (nSPS) is 10.6. The second-order valence-electron chi connectivity index (χ2n) is 6.67. The van der Waals surface area contributed by atoms with Crippen LogP contribution in [0.1, 0.15) is 44.0 Å². The predicted molar refractivity (Wildman–Crippen MR) is 112 cm³/mol. The van der Waals surface area contributed by atoms with Gasteiger partial charge in [-0.25, -0.2) is 0 Å². The molecule has 0 aliphatic rings.